The average molecular weight is 687 g/mol. The second-order valence-corrected chi connectivity index (χ2v) is 13.5. The van der Waals surface area contributed by atoms with Crippen molar-refractivity contribution in [2.45, 2.75) is 96.7 Å². The van der Waals surface area contributed by atoms with Gasteiger partial charge in [0.15, 0.2) is 0 Å². The summed E-state index contributed by atoms with van der Waals surface area (Å²) in [4.78, 5) is 85.9. The number of carbonyl (C=O) groups excluding carboxylic acids is 5. The van der Waals surface area contributed by atoms with Crippen LogP contribution in [0.2, 0.25) is 0 Å². The lowest BCUT2D eigenvalue weighted by Gasteiger charge is -2.37. The molecule has 0 saturated carbocycles. The summed E-state index contributed by atoms with van der Waals surface area (Å²) in [5, 5.41) is 3.73. The van der Waals surface area contributed by atoms with E-state index in [1.165, 1.54) is 4.90 Å². The maximum atomic E-state index is 14.1. The molecular formula is C36H42N6O8. The van der Waals surface area contributed by atoms with Crippen LogP contribution >= 0.6 is 0 Å². The van der Waals surface area contributed by atoms with Crippen LogP contribution in [-0.4, -0.2) is 68.8 Å². The second-order valence-electron chi connectivity index (χ2n) is 13.5. The first-order valence-electron chi connectivity index (χ1n) is 17.1. The van der Waals surface area contributed by atoms with Crippen molar-refractivity contribution in [2.75, 3.05) is 6.54 Å². The number of esters is 2. The standard InChI is InChI=1S/C36H42N6O8/c1-5-19-20-10-7-8-11-25(20)39-30-21(19)16-42-27(30)14-23-22(32(42)45)17-49-35(48)36(23,6-2)50-34(47)29(18(3)4)40-31(44)26-12-9-13-41(26)33(46)24(37)15-28(38)43/h7-8,10-11,14,18,24,26,29H,5-6,9,12-13,15-17,37H2,1-4H3,(H2,38,43)(H,40,44)/t24-,26-,29-,36-/m0/s1. The molecule has 14 heteroatoms. The summed E-state index contributed by atoms with van der Waals surface area (Å²) >= 11 is 0. The smallest absolute Gasteiger partial charge is 0.355 e. The highest BCUT2D eigenvalue weighted by atomic mass is 16.6. The Kier molecular flexibility index (Phi) is 9.25. The first-order valence-corrected chi connectivity index (χ1v) is 17.1. The number of nitrogens with one attached hydrogen (secondary N) is 1. The van der Waals surface area contributed by atoms with E-state index in [1.54, 1.807) is 31.4 Å². The van der Waals surface area contributed by atoms with E-state index in [9.17, 15) is 28.8 Å². The molecule has 3 aromatic rings. The summed E-state index contributed by atoms with van der Waals surface area (Å²) in [6.07, 6.45) is 1.14. The van der Waals surface area contributed by atoms with Gasteiger partial charge in [-0.1, -0.05) is 45.9 Å². The van der Waals surface area contributed by atoms with Crippen LogP contribution in [0.3, 0.4) is 0 Å². The van der Waals surface area contributed by atoms with Gasteiger partial charge in [-0.2, -0.15) is 0 Å². The number of fused-ring (bicyclic) bond motifs is 5. The second kappa shape index (κ2) is 13.3. The largest absolute Gasteiger partial charge is 0.457 e. The van der Waals surface area contributed by atoms with Crippen molar-refractivity contribution in [1.29, 1.82) is 0 Å². The van der Waals surface area contributed by atoms with Crippen LogP contribution in [0.25, 0.3) is 22.3 Å². The van der Waals surface area contributed by atoms with Gasteiger partial charge in [-0.15, -0.1) is 0 Å². The Morgan fingerprint density at radius 2 is 1.88 bits per heavy atom. The summed E-state index contributed by atoms with van der Waals surface area (Å²) in [5.41, 5.74) is 13.1. The number of aryl methyl sites for hydroxylation is 1. The molecule has 264 valence electrons. The fourth-order valence-corrected chi connectivity index (χ4v) is 7.48. The monoisotopic (exact) mass is 686 g/mol. The van der Waals surface area contributed by atoms with E-state index in [-0.39, 0.29) is 42.7 Å². The van der Waals surface area contributed by atoms with Crippen molar-refractivity contribution >= 4 is 40.6 Å². The predicted molar refractivity (Wildman–Crippen MR) is 181 cm³/mol. The molecule has 4 atom stereocenters. The van der Waals surface area contributed by atoms with Crippen LogP contribution in [-0.2, 0) is 58.6 Å². The lowest BCUT2D eigenvalue weighted by atomic mass is 9.85. The number of likely N-dealkylation sites (tertiary alicyclic amines) is 1. The molecule has 1 saturated heterocycles. The topological polar surface area (TPSA) is 206 Å². The van der Waals surface area contributed by atoms with E-state index >= 15 is 0 Å². The normalized spacial score (nSPS) is 20.5. The molecule has 0 unspecified atom stereocenters. The Balaban J connectivity index is 1.33. The molecule has 0 spiro atoms. The summed E-state index contributed by atoms with van der Waals surface area (Å²) in [7, 11) is 0. The van der Waals surface area contributed by atoms with Crippen molar-refractivity contribution < 1.29 is 33.4 Å². The SMILES string of the molecule is CCc1c2c(nc3ccccc13)-c1cc3c(c(=O)n1C2)COC(=O)[C@@]3(CC)OC(=O)[C@@H](NC(=O)[C@@H]1CCCN1C(=O)[C@@H](N)CC(N)=O)C(C)C. The summed E-state index contributed by atoms with van der Waals surface area (Å²) < 4.78 is 13.2. The van der Waals surface area contributed by atoms with E-state index in [2.05, 4.69) is 12.2 Å². The Labute approximate surface area is 288 Å². The summed E-state index contributed by atoms with van der Waals surface area (Å²) in [6.45, 7) is 7.38. The Morgan fingerprint density at radius 3 is 2.56 bits per heavy atom. The maximum Gasteiger partial charge on any atom is 0.355 e. The lowest BCUT2D eigenvalue weighted by molar-refractivity contribution is -0.191. The highest BCUT2D eigenvalue weighted by Gasteiger charge is 2.52. The Hall–Kier alpha value is -5.11. The fraction of sp³-hybridized carbons (Fsp3) is 0.472. The van der Waals surface area contributed by atoms with Crippen LogP contribution < -0.4 is 22.3 Å². The van der Waals surface area contributed by atoms with Crippen molar-refractivity contribution in [3.63, 3.8) is 0 Å². The first-order chi connectivity index (χ1) is 23.8. The van der Waals surface area contributed by atoms with E-state index in [0.29, 0.717) is 30.8 Å². The third-order valence-corrected chi connectivity index (χ3v) is 10.1. The molecule has 0 aliphatic carbocycles. The van der Waals surface area contributed by atoms with Crippen LogP contribution in [0.1, 0.15) is 75.6 Å². The predicted octanol–water partition coefficient (Wildman–Crippen LogP) is 1.53. The van der Waals surface area contributed by atoms with Gasteiger partial charge in [0.05, 0.1) is 41.5 Å². The van der Waals surface area contributed by atoms with E-state index in [0.717, 1.165) is 28.5 Å². The van der Waals surface area contributed by atoms with Gasteiger partial charge in [0, 0.05) is 23.1 Å². The van der Waals surface area contributed by atoms with Crippen LogP contribution in [0, 0.1) is 5.92 Å². The summed E-state index contributed by atoms with van der Waals surface area (Å²) in [6, 6.07) is 6.13. The Morgan fingerprint density at radius 1 is 1.14 bits per heavy atom. The molecular weight excluding hydrogens is 644 g/mol. The number of nitrogens with two attached hydrogens (primary N) is 2. The zero-order valence-corrected chi connectivity index (χ0v) is 28.6. The number of ether oxygens (including phenoxy) is 2. The van der Waals surface area contributed by atoms with Crippen molar-refractivity contribution in [1.82, 2.24) is 19.8 Å². The van der Waals surface area contributed by atoms with Crippen LogP contribution in [0.4, 0.5) is 0 Å². The van der Waals surface area contributed by atoms with Crippen molar-refractivity contribution in [3.8, 4) is 11.4 Å². The molecule has 1 aromatic carbocycles. The Bertz CT molecular complexity index is 1990. The fourth-order valence-electron chi connectivity index (χ4n) is 7.48. The molecule has 3 aliphatic rings. The molecule has 3 amide bonds. The number of benzene rings is 1. The first kappa shape index (κ1) is 34.7. The van der Waals surface area contributed by atoms with Crippen molar-refractivity contribution in [2.24, 2.45) is 17.4 Å². The molecule has 14 nitrogen and oxygen atoms in total. The lowest BCUT2D eigenvalue weighted by Crippen LogP contribution is -2.56. The molecule has 5 N–H and O–H groups in total. The van der Waals surface area contributed by atoms with Crippen molar-refractivity contribution in [3.05, 3.63) is 62.9 Å². The maximum absolute atomic E-state index is 14.1. The van der Waals surface area contributed by atoms with Crippen LogP contribution in [0.15, 0.2) is 35.1 Å². The minimum absolute atomic E-state index is 0.0485. The number of aromatic nitrogens is 2. The van der Waals surface area contributed by atoms with Gasteiger partial charge in [0.25, 0.3) is 5.56 Å². The number of rotatable bonds is 10. The third kappa shape index (κ3) is 5.70. The van der Waals surface area contributed by atoms with Gasteiger partial charge in [-0.25, -0.2) is 14.6 Å². The third-order valence-electron chi connectivity index (χ3n) is 10.1. The minimum atomic E-state index is -1.97. The molecule has 50 heavy (non-hydrogen) atoms. The number of primary amides is 1. The van der Waals surface area contributed by atoms with E-state index in [1.807, 2.05) is 24.3 Å². The number of nitrogens with zero attached hydrogens (tertiary/aromatic N) is 3. The molecule has 6 rings (SSSR count). The highest BCUT2D eigenvalue weighted by molar-refractivity contribution is 5.95. The van der Waals surface area contributed by atoms with Gasteiger partial charge in [-0.3, -0.25) is 19.2 Å². The molecule has 3 aliphatic heterocycles. The number of pyridine rings is 2. The van der Waals surface area contributed by atoms with Gasteiger partial charge in [0.1, 0.15) is 18.7 Å². The molecule has 1 fully saturated rings. The molecule has 0 bridgehead atoms. The average Bonchev–Trinajstić information content (AvgIpc) is 3.72. The number of cyclic esters (lactones) is 1. The van der Waals surface area contributed by atoms with Crippen LogP contribution in [0.5, 0.6) is 0 Å². The zero-order valence-electron chi connectivity index (χ0n) is 28.6. The molecule has 2 aromatic heterocycles. The highest BCUT2D eigenvalue weighted by Crippen LogP contribution is 2.42. The van der Waals surface area contributed by atoms with Gasteiger partial charge >= 0.3 is 11.9 Å². The van der Waals surface area contributed by atoms with Gasteiger partial charge in [-0.05, 0) is 49.3 Å². The number of hydrogen-bond donors (Lipinski definition) is 3. The quantitative estimate of drug-likeness (QED) is 0.205. The number of amides is 3. The minimum Gasteiger partial charge on any atom is -0.457 e. The number of para-hydroxylation sites is 1. The van der Waals surface area contributed by atoms with E-state index < -0.39 is 59.3 Å². The zero-order chi connectivity index (χ0) is 36.1. The van der Waals surface area contributed by atoms with E-state index in [4.69, 9.17) is 25.9 Å². The molecule has 5 heterocycles. The van der Waals surface area contributed by atoms with Gasteiger partial charge in [0.2, 0.25) is 23.3 Å². The molecule has 0 radical (unpaired) electrons. The number of hydrogen-bond acceptors (Lipinski definition) is 10. The number of carbonyl (C=O) groups is 5. The summed E-state index contributed by atoms with van der Waals surface area (Å²) in [5.74, 6) is -4.16. The van der Waals surface area contributed by atoms with Gasteiger partial charge < -0.3 is 35.7 Å².